The number of halogens is 2. The van der Waals surface area contributed by atoms with Gasteiger partial charge in [-0.2, -0.15) is 0 Å². The molecule has 2 amide bonds. The molecular weight excluding hydrogens is 495 g/mol. The lowest BCUT2D eigenvalue weighted by molar-refractivity contribution is -0.143. The number of nitrogens with zero attached hydrogens (tertiary/aromatic N) is 1. The van der Waals surface area contributed by atoms with Crippen molar-refractivity contribution in [3.63, 3.8) is 0 Å². The third kappa shape index (κ3) is 8.00. The van der Waals surface area contributed by atoms with Crippen LogP contribution in [0.2, 0.25) is 10.0 Å². The summed E-state index contributed by atoms with van der Waals surface area (Å²) in [4.78, 5) is 28.7. The number of aryl methyl sites for hydroxylation is 1. The Morgan fingerprint density at radius 1 is 0.944 bits per heavy atom. The van der Waals surface area contributed by atoms with Crippen LogP contribution >= 0.6 is 23.2 Å². The van der Waals surface area contributed by atoms with E-state index in [1.807, 2.05) is 75.4 Å². The molecule has 0 aliphatic heterocycles. The van der Waals surface area contributed by atoms with E-state index in [0.29, 0.717) is 22.2 Å². The SMILES string of the molecule is CC[C@@H](C)NC(=O)[C@H](Cc1ccccc1)N(Cc1ccc(Cl)c(Cl)c1)C(=O)COc1cccc(C)c1. The highest BCUT2D eigenvalue weighted by atomic mass is 35.5. The van der Waals surface area contributed by atoms with Crippen LogP contribution in [0.4, 0.5) is 0 Å². The maximum absolute atomic E-state index is 13.6. The van der Waals surface area contributed by atoms with Crippen molar-refractivity contribution in [2.75, 3.05) is 6.61 Å². The summed E-state index contributed by atoms with van der Waals surface area (Å²) in [6.07, 6.45) is 1.14. The maximum atomic E-state index is 13.6. The third-order valence-corrected chi connectivity index (χ3v) is 6.70. The van der Waals surface area contributed by atoms with Crippen molar-refractivity contribution in [3.05, 3.63) is 99.5 Å². The van der Waals surface area contributed by atoms with Gasteiger partial charge < -0.3 is 15.0 Å². The fourth-order valence-electron chi connectivity index (χ4n) is 3.76. The molecule has 0 saturated carbocycles. The van der Waals surface area contributed by atoms with Crippen molar-refractivity contribution >= 4 is 35.0 Å². The summed E-state index contributed by atoms with van der Waals surface area (Å²) in [6.45, 7) is 5.89. The van der Waals surface area contributed by atoms with Gasteiger partial charge >= 0.3 is 0 Å². The number of ether oxygens (including phenoxy) is 1. The molecule has 0 saturated heterocycles. The molecule has 0 aliphatic carbocycles. The predicted octanol–water partition coefficient (Wildman–Crippen LogP) is 6.24. The number of nitrogens with one attached hydrogen (secondary N) is 1. The van der Waals surface area contributed by atoms with E-state index in [0.717, 1.165) is 23.1 Å². The van der Waals surface area contributed by atoms with Crippen LogP contribution in [-0.2, 0) is 22.6 Å². The zero-order chi connectivity index (χ0) is 26.1. The summed E-state index contributed by atoms with van der Waals surface area (Å²) >= 11 is 12.4. The van der Waals surface area contributed by atoms with E-state index in [2.05, 4.69) is 5.32 Å². The van der Waals surface area contributed by atoms with E-state index < -0.39 is 6.04 Å². The van der Waals surface area contributed by atoms with Crippen LogP contribution in [0.3, 0.4) is 0 Å². The maximum Gasteiger partial charge on any atom is 0.261 e. The Kier molecular flexibility index (Phi) is 10.2. The number of carbonyl (C=O) groups excluding carboxylic acids is 2. The third-order valence-electron chi connectivity index (χ3n) is 5.96. The zero-order valence-corrected chi connectivity index (χ0v) is 22.4. The minimum atomic E-state index is -0.746. The highest BCUT2D eigenvalue weighted by Crippen LogP contribution is 2.24. The molecule has 0 fully saturated rings. The fourth-order valence-corrected chi connectivity index (χ4v) is 4.08. The highest BCUT2D eigenvalue weighted by Gasteiger charge is 2.31. The average molecular weight is 527 g/mol. The van der Waals surface area contributed by atoms with E-state index >= 15 is 0 Å². The number of hydrogen-bond donors (Lipinski definition) is 1. The monoisotopic (exact) mass is 526 g/mol. The number of rotatable bonds is 11. The molecular formula is C29H32Cl2N2O3. The molecule has 3 aromatic rings. The molecule has 0 spiro atoms. The molecule has 36 heavy (non-hydrogen) atoms. The summed E-state index contributed by atoms with van der Waals surface area (Å²) in [5.41, 5.74) is 2.75. The second kappa shape index (κ2) is 13.3. The lowest BCUT2D eigenvalue weighted by atomic mass is 10.0. The molecule has 7 heteroatoms. The Morgan fingerprint density at radius 2 is 1.69 bits per heavy atom. The van der Waals surface area contributed by atoms with Crippen LogP contribution in [0.1, 0.15) is 37.0 Å². The minimum absolute atomic E-state index is 0.0266. The van der Waals surface area contributed by atoms with Crippen molar-refractivity contribution in [1.29, 1.82) is 0 Å². The predicted molar refractivity (Wildman–Crippen MR) is 146 cm³/mol. The van der Waals surface area contributed by atoms with Gasteiger partial charge in [-0.25, -0.2) is 0 Å². The lowest BCUT2D eigenvalue weighted by Crippen LogP contribution is -2.53. The van der Waals surface area contributed by atoms with Crippen LogP contribution in [-0.4, -0.2) is 35.4 Å². The van der Waals surface area contributed by atoms with Crippen LogP contribution in [0.25, 0.3) is 0 Å². The molecule has 190 valence electrons. The molecule has 5 nitrogen and oxygen atoms in total. The van der Waals surface area contributed by atoms with Gasteiger partial charge in [0.1, 0.15) is 11.8 Å². The number of amides is 2. The van der Waals surface area contributed by atoms with Gasteiger partial charge in [-0.05, 0) is 61.2 Å². The molecule has 0 radical (unpaired) electrons. The van der Waals surface area contributed by atoms with Gasteiger partial charge in [-0.3, -0.25) is 9.59 Å². The largest absolute Gasteiger partial charge is 0.484 e. The Bertz CT molecular complexity index is 1170. The Morgan fingerprint density at radius 3 is 2.36 bits per heavy atom. The van der Waals surface area contributed by atoms with Crippen molar-refractivity contribution in [2.45, 2.75) is 52.2 Å². The van der Waals surface area contributed by atoms with E-state index in [1.165, 1.54) is 0 Å². The lowest BCUT2D eigenvalue weighted by Gasteiger charge is -2.32. The van der Waals surface area contributed by atoms with Crippen molar-refractivity contribution in [3.8, 4) is 5.75 Å². The summed E-state index contributed by atoms with van der Waals surface area (Å²) in [6, 6.07) is 21.6. The second-order valence-corrected chi connectivity index (χ2v) is 9.71. The van der Waals surface area contributed by atoms with Gasteiger partial charge in [0, 0.05) is 19.0 Å². The van der Waals surface area contributed by atoms with Crippen LogP contribution in [0.5, 0.6) is 5.75 Å². The Hall–Kier alpha value is -3.02. The molecule has 1 N–H and O–H groups in total. The van der Waals surface area contributed by atoms with Gasteiger partial charge in [-0.15, -0.1) is 0 Å². The summed E-state index contributed by atoms with van der Waals surface area (Å²) in [5.74, 6) is 0.0847. The van der Waals surface area contributed by atoms with Gasteiger partial charge in [0.15, 0.2) is 6.61 Å². The molecule has 3 aromatic carbocycles. The Balaban J connectivity index is 1.93. The van der Waals surface area contributed by atoms with E-state index in [4.69, 9.17) is 27.9 Å². The first kappa shape index (κ1) is 27.6. The molecule has 0 unspecified atom stereocenters. The number of carbonyl (C=O) groups is 2. The van der Waals surface area contributed by atoms with Crippen LogP contribution in [0, 0.1) is 6.92 Å². The molecule has 0 aromatic heterocycles. The summed E-state index contributed by atoms with van der Waals surface area (Å²) < 4.78 is 5.82. The van der Waals surface area contributed by atoms with Gasteiger partial charge in [0.2, 0.25) is 5.91 Å². The first-order chi connectivity index (χ1) is 17.3. The number of hydrogen-bond acceptors (Lipinski definition) is 3. The normalized spacial score (nSPS) is 12.5. The first-order valence-electron chi connectivity index (χ1n) is 12.0. The first-order valence-corrected chi connectivity index (χ1v) is 12.8. The summed E-state index contributed by atoms with van der Waals surface area (Å²) in [5, 5.41) is 3.87. The molecule has 3 rings (SSSR count). The van der Waals surface area contributed by atoms with E-state index in [-0.39, 0.29) is 31.0 Å². The standard InChI is InChI=1S/C29H32Cl2N2O3/c1-4-21(3)32-29(35)27(17-22-10-6-5-7-11-22)33(18-23-13-14-25(30)26(31)16-23)28(34)19-36-24-12-8-9-20(2)15-24/h5-16,21,27H,4,17-19H2,1-3H3,(H,32,35)/t21-,27+/m1/s1. The second-order valence-electron chi connectivity index (χ2n) is 8.90. The smallest absolute Gasteiger partial charge is 0.261 e. The van der Waals surface area contributed by atoms with Crippen molar-refractivity contribution in [1.82, 2.24) is 10.2 Å². The van der Waals surface area contributed by atoms with Crippen molar-refractivity contribution < 1.29 is 14.3 Å². The molecule has 0 bridgehead atoms. The zero-order valence-electron chi connectivity index (χ0n) is 20.8. The van der Waals surface area contributed by atoms with Crippen LogP contribution in [0.15, 0.2) is 72.8 Å². The van der Waals surface area contributed by atoms with Crippen molar-refractivity contribution in [2.24, 2.45) is 0 Å². The highest BCUT2D eigenvalue weighted by molar-refractivity contribution is 6.42. The molecule has 2 atom stereocenters. The minimum Gasteiger partial charge on any atom is -0.484 e. The molecule has 0 aliphatic rings. The topological polar surface area (TPSA) is 58.6 Å². The summed E-state index contributed by atoms with van der Waals surface area (Å²) in [7, 11) is 0. The average Bonchev–Trinajstić information content (AvgIpc) is 2.87. The molecule has 0 heterocycles. The Labute approximate surface area is 223 Å². The van der Waals surface area contributed by atoms with E-state index in [1.54, 1.807) is 23.1 Å². The van der Waals surface area contributed by atoms with Gasteiger partial charge in [-0.1, -0.05) is 78.7 Å². The fraction of sp³-hybridized carbons (Fsp3) is 0.310. The van der Waals surface area contributed by atoms with Crippen LogP contribution < -0.4 is 10.1 Å². The number of benzene rings is 3. The quantitative estimate of drug-likeness (QED) is 0.322. The van der Waals surface area contributed by atoms with Gasteiger partial charge in [0.05, 0.1) is 10.0 Å². The van der Waals surface area contributed by atoms with Gasteiger partial charge in [0.25, 0.3) is 5.91 Å². The van der Waals surface area contributed by atoms with E-state index in [9.17, 15) is 9.59 Å².